The zero-order chi connectivity index (χ0) is 15.7. The topological polar surface area (TPSA) is 104 Å². The number of hydrogen-bond acceptors (Lipinski definition) is 4. The van der Waals surface area contributed by atoms with Crippen LogP contribution in [0.1, 0.15) is 29.6 Å². The summed E-state index contributed by atoms with van der Waals surface area (Å²) in [7, 11) is -3.74. The lowest BCUT2D eigenvalue weighted by molar-refractivity contribution is 0.0695. The number of rotatable bonds is 7. The molecule has 0 amide bonds. The molecule has 1 fully saturated rings. The fourth-order valence-electron chi connectivity index (χ4n) is 2.10. The van der Waals surface area contributed by atoms with E-state index in [2.05, 4.69) is 4.72 Å². The molecule has 0 aromatic heterocycles. The van der Waals surface area contributed by atoms with Crippen LogP contribution in [0.4, 0.5) is 0 Å². The molecule has 2 rings (SSSR count). The first-order valence-corrected chi connectivity index (χ1v) is 8.99. The van der Waals surface area contributed by atoms with Gasteiger partial charge in [-0.05, 0) is 65.5 Å². The van der Waals surface area contributed by atoms with Gasteiger partial charge in [0.15, 0.2) is 0 Å². The molecule has 1 aliphatic carbocycles. The summed E-state index contributed by atoms with van der Waals surface area (Å²) in [5.41, 5.74) is -0.171. The van der Waals surface area contributed by atoms with Crippen LogP contribution in [0.2, 0.25) is 0 Å². The average molecular weight is 425 g/mol. The second kappa shape index (κ2) is 6.19. The lowest BCUT2D eigenvalue weighted by Gasteiger charge is -2.15. The van der Waals surface area contributed by atoms with Crippen LogP contribution in [0, 0.1) is 8.99 Å². The van der Waals surface area contributed by atoms with Crippen molar-refractivity contribution in [3.8, 4) is 0 Å². The van der Waals surface area contributed by atoms with E-state index in [9.17, 15) is 13.2 Å². The Bertz CT molecular complexity index is 655. The number of aromatic carboxylic acids is 1. The van der Waals surface area contributed by atoms with Crippen molar-refractivity contribution in [2.45, 2.75) is 24.2 Å². The van der Waals surface area contributed by atoms with Gasteiger partial charge in [0.25, 0.3) is 0 Å². The Hall–Kier alpha value is -0.710. The van der Waals surface area contributed by atoms with Crippen LogP contribution in [0.15, 0.2) is 23.1 Å². The van der Waals surface area contributed by atoms with Crippen molar-refractivity contribution in [1.82, 2.24) is 4.72 Å². The highest BCUT2D eigenvalue weighted by Crippen LogP contribution is 2.48. The maximum atomic E-state index is 12.2. The van der Waals surface area contributed by atoms with Gasteiger partial charge >= 0.3 is 5.97 Å². The number of aliphatic hydroxyl groups excluding tert-OH is 1. The van der Waals surface area contributed by atoms with Gasteiger partial charge in [0.05, 0.1) is 10.5 Å². The highest BCUT2D eigenvalue weighted by atomic mass is 127. The molecule has 0 spiro atoms. The highest BCUT2D eigenvalue weighted by molar-refractivity contribution is 14.1. The van der Waals surface area contributed by atoms with Gasteiger partial charge in [-0.25, -0.2) is 17.9 Å². The predicted molar refractivity (Wildman–Crippen MR) is 84.7 cm³/mol. The summed E-state index contributed by atoms with van der Waals surface area (Å²) in [6, 6.07) is 4.03. The summed E-state index contributed by atoms with van der Waals surface area (Å²) in [5.74, 6) is -1.16. The lowest BCUT2D eigenvalue weighted by Crippen LogP contribution is -2.31. The van der Waals surface area contributed by atoms with E-state index < -0.39 is 16.0 Å². The molecule has 1 aliphatic rings. The summed E-state index contributed by atoms with van der Waals surface area (Å²) in [5, 5.41) is 18.0. The third-order valence-electron chi connectivity index (χ3n) is 3.71. The zero-order valence-corrected chi connectivity index (χ0v) is 14.1. The normalized spacial score (nSPS) is 16.7. The van der Waals surface area contributed by atoms with Gasteiger partial charge in [0.2, 0.25) is 10.0 Å². The average Bonchev–Trinajstić information content (AvgIpc) is 3.17. The summed E-state index contributed by atoms with van der Waals surface area (Å²) < 4.78 is 27.5. The third kappa shape index (κ3) is 3.93. The number of carboxylic acids is 1. The van der Waals surface area contributed by atoms with E-state index in [4.69, 9.17) is 10.2 Å². The minimum Gasteiger partial charge on any atom is -0.478 e. The van der Waals surface area contributed by atoms with Crippen molar-refractivity contribution >= 4 is 38.6 Å². The number of carbonyl (C=O) groups is 1. The number of benzene rings is 1. The minimum absolute atomic E-state index is 0.0324. The first-order chi connectivity index (χ1) is 9.80. The van der Waals surface area contributed by atoms with Gasteiger partial charge in [-0.3, -0.25) is 0 Å². The Kier molecular flexibility index (Phi) is 4.91. The van der Waals surface area contributed by atoms with Crippen LogP contribution in [-0.2, 0) is 10.0 Å². The van der Waals surface area contributed by atoms with Crippen LogP contribution in [-0.4, -0.2) is 37.8 Å². The van der Waals surface area contributed by atoms with E-state index in [1.807, 2.05) is 22.6 Å². The summed E-state index contributed by atoms with van der Waals surface area (Å²) in [4.78, 5) is 11.0. The van der Waals surface area contributed by atoms with Crippen molar-refractivity contribution in [2.75, 3.05) is 13.2 Å². The van der Waals surface area contributed by atoms with Gasteiger partial charge in [0, 0.05) is 16.7 Å². The molecule has 0 unspecified atom stereocenters. The van der Waals surface area contributed by atoms with Gasteiger partial charge < -0.3 is 10.2 Å². The number of nitrogens with one attached hydrogen (secondary N) is 1. The molecule has 0 aliphatic heterocycles. The van der Waals surface area contributed by atoms with Crippen LogP contribution >= 0.6 is 22.6 Å². The van der Waals surface area contributed by atoms with Gasteiger partial charge in [-0.2, -0.15) is 0 Å². The quantitative estimate of drug-likeness (QED) is 0.574. The number of hydrogen-bond donors (Lipinski definition) is 3. The summed E-state index contributed by atoms with van der Waals surface area (Å²) in [6.07, 6.45) is 2.36. The van der Waals surface area contributed by atoms with E-state index in [1.54, 1.807) is 0 Å². The smallest absolute Gasteiger partial charge is 0.336 e. The fourth-order valence-corrected chi connectivity index (χ4v) is 3.85. The minimum atomic E-state index is -3.74. The zero-order valence-electron chi connectivity index (χ0n) is 11.2. The van der Waals surface area contributed by atoms with Crippen molar-refractivity contribution < 1.29 is 23.4 Å². The standard InChI is InChI=1S/C13H16INO5S/c14-11-2-1-9(7-10(11)12(17)18)21(19,20)15-8-13(3-4-13)5-6-16/h1-2,7,15-16H,3-6,8H2,(H,17,18). The molecule has 6 nitrogen and oxygen atoms in total. The number of carboxylic acid groups (broad SMARTS) is 1. The van der Waals surface area contributed by atoms with Crippen molar-refractivity contribution in [3.63, 3.8) is 0 Å². The molecule has 0 heterocycles. The first kappa shape index (κ1) is 16.7. The lowest BCUT2D eigenvalue weighted by atomic mass is 10.0. The third-order valence-corrected chi connectivity index (χ3v) is 6.05. The number of aliphatic hydroxyl groups is 1. The van der Waals surface area contributed by atoms with Crippen LogP contribution < -0.4 is 4.72 Å². The molecule has 1 aromatic carbocycles. The van der Waals surface area contributed by atoms with Gasteiger partial charge in [-0.1, -0.05) is 0 Å². The van der Waals surface area contributed by atoms with Gasteiger partial charge in [0.1, 0.15) is 0 Å². The second-order valence-electron chi connectivity index (χ2n) is 5.24. The molecule has 3 N–H and O–H groups in total. The van der Waals surface area contributed by atoms with Crippen LogP contribution in [0.3, 0.4) is 0 Å². The monoisotopic (exact) mass is 425 g/mol. The fraction of sp³-hybridized carbons (Fsp3) is 0.462. The van der Waals surface area contributed by atoms with E-state index in [0.29, 0.717) is 9.99 Å². The molecule has 116 valence electrons. The maximum Gasteiger partial charge on any atom is 0.336 e. The second-order valence-corrected chi connectivity index (χ2v) is 8.17. The number of halogens is 1. The summed E-state index contributed by atoms with van der Waals surface area (Å²) in [6.45, 7) is 0.304. The Morgan fingerprint density at radius 1 is 1.38 bits per heavy atom. The molecule has 0 radical (unpaired) electrons. The van der Waals surface area contributed by atoms with Gasteiger partial charge in [-0.15, -0.1) is 0 Å². The molecule has 21 heavy (non-hydrogen) atoms. The molecular weight excluding hydrogens is 409 g/mol. The first-order valence-electron chi connectivity index (χ1n) is 6.43. The van der Waals surface area contributed by atoms with E-state index in [1.165, 1.54) is 12.1 Å². The van der Waals surface area contributed by atoms with Crippen LogP contribution in [0.5, 0.6) is 0 Å². The van der Waals surface area contributed by atoms with E-state index in [-0.39, 0.29) is 29.0 Å². The Labute approximate surface area is 136 Å². The van der Waals surface area contributed by atoms with Crippen molar-refractivity contribution in [1.29, 1.82) is 0 Å². The molecule has 1 saturated carbocycles. The molecule has 0 bridgehead atoms. The molecular formula is C13H16INO5S. The number of sulfonamides is 1. The Morgan fingerprint density at radius 3 is 2.57 bits per heavy atom. The predicted octanol–water partition coefficient (Wildman–Crippen LogP) is 1.43. The Balaban J connectivity index is 2.16. The van der Waals surface area contributed by atoms with E-state index in [0.717, 1.165) is 18.9 Å². The van der Waals surface area contributed by atoms with Crippen LogP contribution in [0.25, 0.3) is 0 Å². The maximum absolute atomic E-state index is 12.2. The summed E-state index contributed by atoms with van der Waals surface area (Å²) >= 11 is 1.85. The SMILES string of the molecule is O=C(O)c1cc(S(=O)(=O)NCC2(CCO)CC2)ccc1I. The molecule has 0 atom stereocenters. The van der Waals surface area contributed by atoms with Crippen molar-refractivity contribution in [3.05, 3.63) is 27.3 Å². The highest BCUT2D eigenvalue weighted by Gasteiger charge is 2.42. The van der Waals surface area contributed by atoms with E-state index >= 15 is 0 Å². The molecule has 0 saturated heterocycles. The molecule has 8 heteroatoms. The Morgan fingerprint density at radius 2 is 2.05 bits per heavy atom. The largest absolute Gasteiger partial charge is 0.478 e. The van der Waals surface area contributed by atoms with Crippen molar-refractivity contribution in [2.24, 2.45) is 5.41 Å². The molecule has 1 aromatic rings.